The van der Waals surface area contributed by atoms with Gasteiger partial charge in [-0.05, 0) is 24.5 Å². The highest BCUT2D eigenvalue weighted by molar-refractivity contribution is 8.13. The maximum absolute atomic E-state index is 11.5. The molecule has 6 nitrogen and oxygen atoms in total. The summed E-state index contributed by atoms with van der Waals surface area (Å²) in [5.41, 5.74) is 1.41. The molecule has 1 heterocycles. The van der Waals surface area contributed by atoms with E-state index in [4.69, 9.17) is 10.00 Å². The van der Waals surface area contributed by atoms with E-state index in [0.29, 0.717) is 24.0 Å². The van der Waals surface area contributed by atoms with Crippen LogP contribution in [0.25, 0.3) is 0 Å². The van der Waals surface area contributed by atoms with Gasteiger partial charge in [0.1, 0.15) is 6.61 Å². The summed E-state index contributed by atoms with van der Waals surface area (Å²) < 4.78 is 4.89. The molecule has 0 unspecified atom stereocenters. The van der Waals surface area contributed by atoms with Crippen LogP contribution >= 0.6 is 11.8 Å². The molecular formula is C12H12N4O2S. The number of carbonyl (C=O) groups is 1. The first-order valence-electron chi connectivity index (χ1n) is 5.56. The normalized spacial score (nSPS) is 15.1. The van der Waals surface area contributed by atoms with Crippen molar-refractivity contribution in [3.63, 3.8) is 0 Å². The summed E-state index contributed by atoms with van der Waals surface area (Å²) >= 11 is 1.34. The van der Waals surface area contributed by atoms with E-state index in [2.05, 4.69) is 10.3 Å². The number of nitrogens with zero attached hydrogens (tertiary/aromatic N) is 3. The predicted octanol–water partition coefficient (Wildman–Crippen LogP) is 2.06. The van der Waals surface area contributed by atoms with Crippen LogP contribution < -0.4 is 10.2 Å². The smallest absolute Gasteiger partial charge is 0.414 e. The van der Waals surface area contributed by atoms with Crippen molar-refractivity contribution in [3.05, 3.63) is 24.3 Å². The van der Waals surface area contributed by atoms with Gasteiger partial charge in [0.2, 0.25) is 0 Å². The molecule has 1 N–H and O–H groups in total. The number of nitrogens with one attached hydrogen (secondary N) is 1. The molecule has 2 rings (SSSR count). The molecule has 1 aromatic rings. The number of aliphatic imine (C=N–C) groups is 1. The third kappa shape index (κ3) is 3.17. The van der Waals surface area contributed by atoms with Gasteiger partial charge in [0.25, 0.3) is 0 Å². The summed E-state index contributed by atoms with van der Waals surface area (Å²) in [6, 6.07) is 7.22. The highest BCUT2D eigenvalue weighted by atomic mass is 32.2. The van der Waals surface area contributed by atoms with Gasteiger partial charge in [-0.1, -0.05) is 17.8 Å². The van der Waals surface area contributed by atoms with Crippen LogP contribution in [0.3, 0.4) is 0 Å². The van der Waals surface area contributed by atoms with Crippen molar-refractivity contribution >= 4 is 34.4 Å². The fourth-order valence-electron chi connectivity index (χ4n) is 1.65. The molecule has 19 heavy (non-hydrogen) atoms. The predicted molar refractivity (Wildman–Crippen MR) is 74.5 cm³/mol. The number of hydrogen-bond acceptors (Lipinski definition) is 5. The Morgan fingerprint density at radius 1 is 1.63 bits per heavy atom. The van der Waals surface area contributed by atoms with E-state index in [1.807, 2.05) is 24.6 Å². The Morgan fingerprint density at radius 2 is 2.47 bits per heavy atom. The summed E-state index contributed by atoms with van der Waals surface area (Å²) in [5.74, 6) is 0. The molecule has 1 aliphatic rings. The minimum Gasteiger partial charge on any atom is -0.447 e. The zero-order valence-electron chi connectivity index (χ0n) is 10.3. The lowest BCUT2D eigenvalue weighted by Gasteiger charge is -2.12. The Hall–Kier alpha value is -2.20. The van der Waals surface area contributed by atoms with Gasteiger partial charge in [-0.25, -0.2) is 9.79 Å². The van der Waals surface area contributed by atoms with Gasteiger partial charge < -0.3 is 4.74 Å². The van der Waals surface area contributed by atoms with Gasteiger partial charge in [0, 0.05) is 5.69 Å². The number of nitriles is 1. The quantitative estimate of drug-likeness (QED) is 0.387. The van der Waals surface area contributed by atoms with Crippen molar-refractivity contribution in [1.29, 1.82) is 5.26 Å². The zero-order chi connectivity index (χ0) is 13.7. The van der Waals surface area contributed by atoms with Gasteiger partial charge in [-0.15, -0.1) is 0 Å². The molecule has 1 saturated heterocycles. The fraction of sp³-hybridized carbons (Fsp3) is 0.250. The number of amidine groups is 1. The van der Waals surface area contributed by atoms with E-state index >= 15 is 0 Å². The maximum Gasteiger partial charge on any atom is 0.414 e. The van der Waals surface area contributed by atoms with E-state index in [9.17, 15) is 4.79 Å². The fourth-order valence-corrected chi connectivity index (χ4v) is 1.99. The first-order valence-corrected chi connectivity index (χ1v) is 6.79. The van der Waals surface area contributed by atoms with Gasteiger partial charge in [-0.3, -0.25) is 10.2 Å². The average Bonchev–Trinajstić information content (AvgIpc) is 2.85. The Balaban J connectivity index is 2.24. The number of ether oxygens (including phenoxy) is 1. The van der Waals surface area contributed by atoms with Crippen molar-refractivity contribution in [2.75, 3.05) is 24.3 Å². The molecule has 98 valence electrons. The minimum atomic E-state index is -0.346. The molecule has 0 aliphatic carbocycles. The third-order valence-electron chi connectivity index (χ3n) is 2.49. The summed E-state index contributed by atoms with van der Waals surface area (Å²) in [7, 11) is 0. The summed E-state index contributed by atoms with van der Waals surface area (Å²) in [6.07, 6.45) is 3.31. The lowest BCUT2D eigenvalue weighted by Crippen LogP contribution is -2.23. The summed E-state index contributed by atoms with van der Waals surface area (Å²) in [5, 5.41) is 11.6. The second-order valence-corrected chi connectivity index (χ2v) is 4.44. The van der Waals surface area contributed by atoms with Crippen molar-refractivity contribution in [2.24, 2.45) is 4.99 Å². The van der Waals surface area contributed by atoms with Crippen molar-refractivity contribution in [2.45, 2.75) is 0 Å². The highest BCUT2D eigenvalue weighted by Crippen LogP contribution is 2.24. The van der Waals surface area contributed by atoms with Gasteiger partial charge in [0.05, 0.1) is 12.2 Å². The molecule has 0 radical (unpaired) electrons. The number of carbonyl (C=O) groups excluding carboxylic acids is 1. The largest absolute Gasteiger partial charge is 0.447 e. The maximum atomic E-state index is 11.5. The van der Waals surface area contributed by atoms with E-state index in [-0.39, 0.29) is 6.09 Å². The summed E-state index contributed by atoms with van der Waals surface area (Å²) in [6.45, 7) is 0.941. The third-order valence-corrected chi connectivity index (χ3v) is 3.07. The number of rotatable bonds is 2. The van der Waals surface area contributed by atoms with Crippen LogP contribution in [0.1, 0.15) is 0 Å². The monoisotopic (exact) mass is 276 g/mol. The number of thioether (sulfide) groups is 1. The molecule has 0 aromatic heterocycles. The van der Waals surface area contributed by atoms with Crippen molar-refractivity contribution in [3.8, 4) is 6.19 Å². The molecule has 0 saturated carbocycles. The second-order valence-electron chi connectivity index (χ2n) is 3.64. The van der Waals surface area contributed by atoms with Gasteiger partial charge in [0.15, 0.2) is 11.4 Å². The zero-order valence-corrected chi connectivity index (χ0v) is 11.1. The van der Waals surface area contributed by atoms with Crippen LogP contribution in [-0.4, -0.2) is 30.7 Å². The van der Waals surface area contributed by atoms with Crippen LogP contribution in [0.4, 0.5) is 16.2 Å². The van der Waals surface area contributed by atoms with Crippen molar-refractivity contribution < 1.29 is 9.53 Å². The topological polar surface area (TPSA) is 77.7 Å². The van der Waals surface area contributed by atoms with Gasteiger partial charge >= 0.3 is 6.09 Å². The van der Waals surface area contributed by atoms with E-state index < -0.39 is 0 Å². The first kappa shape index (κ1) is 13.2. The number of benzene rings is 1. The molecular weight excluding hydrogens is 264 g/mol. The number of cyclic esters (lactones) is 1. The molecule has 1 amide bonds. The first-order chi connectivity index (χ1) is 9.24. The SMILES string of the molecule is CSC(=Nc1cccc(N2CCOC2=O)c1)NC#N. The van der Waals surface area contributed by atoms with E-state index in [1.165, 1.54) is 11.8 Å². The van der Waals surface area contributed by atoms with Crippen LogP contribution in [0.2, 0.25) is 0 Å². The average molecular weight is 276 g/mol. The molecule has 1 aliphatic heterocycles. The Labute approximate surface area is 115 Å². The molecule has 0 bridgehead atoms. The number of hydrogen-bond donors (Lipinski definition) is 1. The molecule has 1 aromatic carbocycles. The number of amides is 1. The standard InChI is InChI=1S/C12H12N4O2S/c1-19-11(14-8-13)15-9-3-2-4-10(7-9)16-5-6-18-12(16)17/h2-4,7H,5-6H2,1H3,(H,14,15). The van der Waals surface area contributed by atoms with E-state index in [1.54, 1.807) is 17.0 Å². The second kappa shape index (κ2) is 6.11. The van der Waals surface area contributed by atoms with Crippen molar-refractivity contribution in [1.82, 2.24) is 5.32 Å². The molecule has 0 spiro atoms. The Kier molecular flexibility index (Phi) is 4.26. The van der Waals surface area contributed by atoms with Crippen LogP contribution in [0.15, 0.2) is 29.3 Å². The summed E-state index contributed by atoms with van der Waals surface area (Å²) in [4.78, 5) is 17.3. The Morgan fingerprint density at radius 3 is 3.11 bits per heavy atom. The lowest BCUT2D eigenvalue weighted by molar-refractivity contribution is 0.181. The van der Waals surface area contributed by atoms with Crippen LogP contribution in [0, 0.1) is 11.5 Å². The van der Waals surface area contributed by atoms with Crippen LogP contribution in [-0.2, 0) is 4.74 Å². The molecule has 1 fully saturated rings. The van der Waals surface area contributed by atoms with Crippen LogP contribution in [0.5, 0.6) is 0 Å². The molecule has 7 heteroatoms. The highest BCUT2D eigenvalue weighted by Gasteiger charge is 2.23. The lowest BCUT2D eigenvalue weighted by atomic mass is 10.2. The Bertz CT molecular complexity index is 553. The molecule has 0 atom stereocenters. The van der Waals surface area contributed by atoms with Gasteiger partial charge in [-0.2, -0.15) is 5.26 Å². The minimum absolute atomic E-state index is 0.346. The van der Waals surface area contributed by atoms with E-state index in [0.717, 1.165) is 5.69 Å². The number of anilines is 1.